The normalized spacial score (nSPS) is 12.4. The zero-order chi connectivity index (χ0) is 13.1. The molecular formula is C17H20O. The Labute approximate surface area is 109 Å². The highest BCUT2D eigenvalue weighted by Crippen LogP contribution is 2.24. The molecule has 1 heteroatoms. The van der Waals surface area contributed by atoms with E-state index in [1.54, 1.807) is 0 Å². The molecule has 1 N–H and O–H groups in total. The Morgan fingerprint density at radius 2 is 1.39 bits per heavy atom. The lowest BCUT2D eigenvalue weighted by atomic mass is 9.93. The average Bonchev–Trinajstić information content (AvgIpc) is 2.34. The number of aliphatic hydroxyl groups is 1. The first-order valence-corrected chi connectivity index (χ1v) is 6.38. The van der Waals surface area contributed by atoms with Gasteiger partial charge in [-0.3, -0.25) is 0 Å². The maximum absolute atomic E-state index is 10.4. The van der Waals surface area contributed by atoms with Gasteiger partial charge >= 0.3 is 0 Å². The fraction of sp³-hybridized carbons (Fsp3) is 0.294. The van der Waals surface area contributed by atoms with Gasteiger partial charge in [0, 0.05) is 6.42 Å². The quantitative estimate of drug-likeness (QED) is 0.863. The maximum Gasteiger partial charge on any atom is 0.0833 e. The molecule has 0 fully saturated rings. The fourth-order valence-corrected chi connectivity index (χ4v) is 2.43. The molecule has 2 aromatic carbocycles. The summed E-state index contributed by atoms with van der Waals surface area (Å²) in [7, 11) is 0. The van der Waals surface area contributed by atoms with E-state index < -0.39 is 6.10 Å². The average molecular weight is 240 g/mol. The molecule has 1 atom stereocenters. The minimum atomic E-state index is -0.425. The third kappa shape index (κ3) is 2.62. The van der Waals surface area contributed by atoms with Gasteiger partial charge in [0.25, 0.3) is 0 Å². The van der Waals surface area contributed by atoms with Crippen LogP contribution in [0.3, 0.4) is 0 Å². The molecule has 94 valence electrons. The summed E-state index contributed by atoms with van der Waals surface area (Å²) in [6, 6.07) is 14.3. The Kier molecular flexibility index (Phi) is 3.83. The first kappa shape index (κ1) is 12.8. The van der Waals surface area contributed by atoms with Gasteiger partial charge in [-0.15, -0.1) is 0 Å². The van der Waals surface area contributed by atoms with Crippen molar-refractivity contribution in [2.45, 2.75) is 33.3 Å². The van der Waals surface area contributed by atoms with Crippen LogP contribution in [0.5, 0.6) is 0 Å². The van der Waals surface area contributed by atoms with Crippen molar-refractivity contribution in [1.82, 2.24) is 0 Å². The predicted octanol–water partition coefficient (Wildman–Crippen LogP) is 3.89. The number of aliphatic hydroxyl groups excluding tert-OH is 1. The Balaban J connectivity index is 2.27. The SMILES string of the molecule is Cc1ccccc1C(O)Cc1c(C)cccc1C. The van der Waals surface area contributed by atoms with Crippen molar-refractivity contribution in [3.63, 3.8) is 0 Å². The lowest BCUT2D eigenvalue weighted by Crippen LogP contribution is -2.06. The number of aryl methyl sites for hydroxylation is 3. The number of rotatable bonds is 3. The van der Waals surface area contributed by atoms with E-state index in [1.165, 1.54) is 16.7 Å². The first-order chi connectivity index (χ1) is 8.59. The summed E-state index contributed by atoms with van der Waals surface area (Å²) < 4.78 is 0. The van der Waals surface area contributed by atoms with E-state index in [-0.39, 0.29) is 0 Å². The van der Waals surface area contributed by atoms with Crippen LogP contribution in [0.25, 0.3) is 0 Å². The second-order valence-electron chi connectivity index (χ2n) is 4.95. The van der Waals surface area contributed by atoms with Crippen molar-refractivity contribution in [3.8, 4) is 0 Å². The van der Waals surface area contributed by atoms with Crippen LogP contribution in [0.1, 0.15) is 33.9 Å². The number of benzene rings is 2. The molecule has 0 aromatic heterocycles. The summed E-state index contributed by atoms with van der Waals surface area (Å²) in [4.78, 5) is 0. The zero-order valence-corrected chi connectivity index (χ0v) is 11.3. The summed E-state index contributed by atoms with van der Waals surface area (Å²) in [5, 5.41) is 10.4. The van der Waals surface area contributed by atoms with Gasteiger partial charge in [-0.2, -0.15) is 0 Å². The molecule has 0 aliphatic rings. The highest BCUT2D eigenvalue weighted by molar-refractivity contribution is 5.36. The number of hydrogen-bond acceptors (Lipinski definition) is 1. The van der Waals surface area contributed by atoms with E-state index in [4.69, 9.17) is 0 Å². The summed E-state index contributed by atoms with van der Waals surface area (Å²) in [6.45, 7) is 6.25. The molecular weight excluding hydrogens is 220 g/mol. The lowest BCUT2D eigenvalue weighted by Gasteiger charge is -2.16. The highest BCUT2D eigenvalue weighted by Gasteiger charge is 2.13. The van der Waals surface area contributed by atoms with Crippen LogP contribution in [0, 0.1) is 20.8 Å². The summed E-state index contributed by atoms with van der Waals surface area (Å²) in [6.07, 6.45) is 0.259. The van der Waals surface area contributed by atoms with Crippen LogP contribution in [-0.2, 0) is 6.42 Å². The van der Waals surface area contributed by atoms with Crippen molar-refractivity contribution >= 4 is 0 Å². The van der Waals surface area contributed by atoms with Gasteiger partial charge < -0.3 is 5.11 Å². The van der Waals surface area contributed by atoms with Crippen LogP contribution >= 0.6 is 0 Å². The van der Waals surface area contributed by atoms with Gasteiger partial charge in [0.1, 0.15) is 0 Å². The van der Waals surface area contributed by atoms with Crippen LogP contribution in [-0.4, -0.2) is 5.11 Å². The molecule has 0 spiro atoms. The second-order valence-corrected chi connectivity index (χ2v) is 4.95. The van der Waals surface area contributed by atoms with Gasteiger partial charge in [-0.25, -0.2) is 0 Å². The largest absolute Gasteiger partial charge is 0.388 e. The van der Waals surface area contributed by atoms with Crippen molar-refractivity contribution in [2.24, 2.45) is 0 Å². The fourth-order valence-electron chi connectivity index (χ4n) is 2.43. The second kappa shape index (κ2) is 5.36. The van der Waals surface area contributed by atoms with E-state index >= 15 is 0 Å². The van der Waals surface area contributed by atoms with Crippen LogP contribution in [0.4, 0.5) is 0 Å². The molecule has 0 saturated heterocycles. The van der Waals surface area contributed by atoms with Crippen molar-refractivity contribution in [1.29, 1.82) is 0 Å². The van der Waals surface area contributed by atoms with E-state index in [0.717, 1.165) is 11.1 Å². The lowest BCUT2D eigenvalue weighted by molar-refractivity contribution is 0.177. The minimum Gasteiger partial charge on any atom is -0.388 e. The molecule has 1 nitrogen and oxygen atoms in total. The molecule has 1 unspecified atom stereocenters. The van der Waals surface area contributed by atoms with Crippen LogP contribution in [0.15, 0.2) is 42.5 Å². The summed E-state index contributed by atoms with van der Waals surface area (Å²) in [5.41, 5.74) is 5.94. The van der Waals surface area contributed by atoms with Gasteiger partial charge in [-0.05, 0) is 48.6 Å². The Morgan fingerprint density at radius 3 is 2.00 bits per heavy atom. The Hall–Kier alpha value is -1.60. The van der Waals surface area contributed by atoms with E-state index in [9.17, 15) is 5.11 Å². The molecule has 0 aliphatic heterocycles. The molecule has 0 radical (unpaired) electrons. The topological polar surface area (TPSA) is 20.2 Å². The predicted molar refractivity (Wildman–Crippen MR) is 75.8 cm³/mol. The highest BCUT2D eigenvalue weighted by atomic mass is 16.3. The monoisotopic (exact) mass is 240 g/mol. The van der Waals surface area contributed by atoms with E-state index in [0.29, 0.717) is 6.42 Å². The first-order valence-electron chi connectivity index (χ1n) is 6.38. The molecule has 0 aliphatic carbocycles. The van der Waals surface area contributed by atoms with E-state index in [2.05, 4.69) is 32.0 Å². The van der Waals surface area contributed by atoms with Gasteiger partial charge in [0.15, 0.2) is 0 Å². The molecule has 0 saturated carbocycles. The third-order valence-electron chi connectivity index (χ3n) is 3.59. The van der Waals surface area contributed by atoms with Crippen molar-refractivity contribution in [2.75, 3.05) is 0 Å². The van der Waals surface area contributed by atoms with Crippen molar-refractivity contribution in [3.05, 3.63) is 70.3 Å². The van der Waals surface area contributed by atoms with Gasteiger partial charge in [0.05, 0.1) is 6.10 Å². The molecule has 2 rings (SSSR count). The Bertz CT molecular complexity index is 523. The van der Waals surface area contributed by atoms with Crippen LogP contribution in [0.2, 0.25) is 0 Å². The van der Waals surface area contributed by atoms with Gasteiger partial charge in [-0.1, -0.05) is 42.5 Å². The molecule has 2 aromatic rings. The Morgan fingerprint density at radius 1 is 0.833 bits per heavy atom. The van der Waals surface area contributed by atoms with Crippen molar-refractivity contribution < 1.29 is 5.11 Å². The third-order valence-corrected chi connectivity index (χ3v) is 3.59. The van der Waals surface area contributed by atoms with Crippen LogP contribution < -0.4 is 0 Å². The molecule has 18 heavy (non-hydrogen) atoms. The maximum atomic E-state index is 10.4. The van der Waals surface area contributed by atoms with E-state index in [1.807, 2.05) is 31.2 Å². The molecule has 0 heterocycles. The summed E-state index contributed by atoms with van der Waals surface area (Å²) >= 11 is 0. The van der Waals surface area contributed by atoms with Gasteiger partial charge in [0.2, 0.25) is 0 Å². The number of hydrogen-bond donors (Lipinski definition) is 1. The standard InChI is InChI=1S/C17H20O/c1-12-7-4-5-10-15(12)17(18)11-16-13(2)8-6-9-14(16)3/h4-10,17-18H,11H2,1-3H3. The summed E-state index contributed by atoms with van der Waals surface area (Å²) in [5.74, 6) is 0. The molecule has 0 bridgehead atoms. The minimum absolute atomic E-state index is 0.425. The molecule has 0 amide bonds. The zero-order valence-electron chi connectivity index (χ0n) is 11.3. The smallest absolute Gasteiger partial charge is 0.0833 e.